The lowest BCUT2D eigenvalue weighted by atomic mass is 10.2. The molecule has 2 aromatic rings. The number of ether oxygens (including phenoxy) is 1. The van der Waals surface area contributed by atoms with Crippen LogP contribution in [0.25, 0.3) is 0 Å². The Morgan fingerprint density at radius 1 is 1.21 bits per heavy atom. The van der Waals surface area contributed by atoms with Gasteiger partial charge in [-0.25, -0.2) is 4.99 Å². The SMILES string of the molecule is CCNC(=NCc1cnn(Cc2ccccc2)c1)NCCOC.I. The van der Waals surface area contributed by atoms with Crippen LogP contribution in [0.5, 0.6) is 0 Å². The molecule has 7 heteroatoms. The summed E-state index contributed by atoms with van der Waals surface area (Å²) in [4.78, 5) is 4.56. The Kier molecular flexibility index (Phi) is 10.1. The van der Waals surface area contributed by atoms with Crippen LogP contribution >= 0.6 is 24.0 Å². The number of aliphatic imine (C=N–C) groups is 1. The standard InChI is InChI=1S/C17H25N5O.HI/c1-3-18-17(19-9-10-23-2)20-11-16-12-21-22(14-16)13-15-7-5-4-6-8-15;/h4-8,12,14H,3,9-11,13H2,1-2H3,(H2,18,19,20);1H. The highest BCUT2D eigenvalue weighted by Gasteiger charge is 2.01. The van der Waals surface area contributed by atoms with Gasteiger partial charge in [0.1, 0.15) is 0 Å². The molecule has 0 saturated carbocycles. The first kappa shape index (κ1) is 20.4. The zero-order valence-corrected chi connectivity index (χ0v) is 16.6. The molecule has 132 valence electrons. The maximum atomic E-state index is 5.03. The van der Waals surface area contributed by atoms with Gasteiger partial charge in [0.15, 0.2) is 5.96 Å². The van der Waals surface area contributed by atoms with Crippen molar-refractivity contribution in [3.63, 3.8) is 0 Å². The number of hydrogen-bond donors (Lipinski definition) is 2. The molecule has 2 rings (SSSR count). The van der Waals surface area contributed by atoms with Gasteiger partial charge >= 0.3 is 0 Å². The average Bonchev–Trinajstić information content (AvgIpc) is 3.01. The Labute approximate surface area is 160 Å². The Balaban J connectivity index is 0.00000288. The van der Waals surface area contributed by atoms with E-state index in [0.717, 1.165) is 31.2 Å². The maximum Gasteiger partial charge on any atom is 0.191 e. The fourth-order valence-corrected chi connectivity index (χ4v) is 2.13. The number of aromatic nitrogens is 2. The van der Waals surface area contributed by atoms with Gasteiger partial charge in [0.2, 0.25) is 0 Å². The van der Waals surface area contributed by atoms with E-state index < -0.39 is 0 Å². The summed E-state index contributed by atoms with van der Waals surface area (Å²) >= 11 is 0. The smallest absolute Gasteiger partial charge is 0.191 e. The van der Waals surface area contributed by atoms with Crippen LogP contribution in [0.1, 0.15) is 18.1 Å². The van der Waals surface area contributed by atoms with Crippen molar-refractivity contribution < 1.29 is 4.74 Å². The highest BCUT2D eigenvalue weighted by molar-refractivity contribution is 14.0. The van der Waals surface area contributed by atoms with E-state index in [1.807, 2.05) is 42.2 Å². The topological polar surface area (TPSA) is 63.5 Å². The van der Waals surface area contributed by atoms with Crippen molar-refractivity contribution >= 4 is 29.9 Å². The van der Waals surface area contributed by atoms with Gasteiger partial charge in [0.05, 0.1) is 25.9 Å². The summed E-state index contributed by atoms with van der Waals surface area (Å²) in [7, 11) is 1.69. The number of methoxy groups -OCH3 is 1. The summed E-state index contributed by atoms with van der Waals surface area (Å²) in [6.07, 6.45) is 3.90. The maximum absolute atomic E-state index is 5.03. The van der Waals surface area contributed by atoms with E-state index in [1.54, 1.807) is 7.11 Å². The Morgan fingerprint density at radius 2 is 2.00 bits per heavy atom. The molecule has 1 heterocycles. The van der Waals surface area contributed by atoms with E-state index in [4.69, 9.17) is 4.74 Å². The molecule has 6 nitrogen and oxygen atoms in total. The van der Waals surface area contributed by atoms with Gasteiger partial charge in [0.25, 0.3) is 0 Å². The Morgan fingerprint density at radius 3 is 2.71 bits per heavy atom. The predicted octanol–water partition coefficient (Wildman–Crippen LogP) is 2.25. The van der Waals surface area contributed by atoms with Crippen molar-refractivity contribution in [3.8, 4) is 0 Å². The zero-order chi connectivity index (χ0) is 16.3. The van der Waals surface area contributed by atoms with Gasteiger partial charge in [-0.1, -0.05) is 30.3 Å². The monoisotopic (exact) mass is 443 g/mol. The van der Waals surface area contributed by atoms with Crippen LogP contribution in [0.3, 0.4) is 0 Å². The quantitative estimate of drug-likeness (QED) is 0.285. The fraction of sp³-hybridized carbons (Fsp3) is 0.412. The van der Waals surface area contributed by atoms with E-state index in [9.17, 15) is 0 Å². The first-order valence-electron chi connectivity index (χ1n) is 7.88. The van der Waals surface area contributed by atoms with Crippen LogP contribution in [0.2, 0.25) is 0 Å². The Hall–Kier alpha value is -1.61. The predicted molar refractivity (Wildman–Crippen MR) is 108 cm³/mol. The number of nitrogens with zero attached hydrogens (tertiary/aromatic N) is 3. The number of nitrogens with one attached hydrogen (secondary N) is 2. The molecule has 0 bridgehead atoms. The number of halogens is 1. The Bertz CT molecular complexity index is 600. The normalized spacial score (nSPS) is 11.0. The minimum atomic E-state index is 0. The lowest BCUT2D eigenvalue weighted by molar-refractivity contribution is 0.203. The molecule has 0 radical (unpaired) electrons. The van der Waals surface area contributed by atoms with Crippen LogP contribution in [0.15, 0.2) is 47.7 Å². The van der Waals surface area contributed by atoms with E-state index in [0.29, 0.717) is 13.2 Å². The van der Waals surface area contributed by atoms with E-state index in [1.165, 1.54) is 5.56 Å². The molecule has 0 atom stereocenters. The van der Waals surface area contributed by atoms with Crippen molar-refractivity contribution in [2.75, 3.05) is 26.8 Å². The molecule has 1 aromatic heterocycles. The molecular weight excluding hydrogens is 417 g/mol. The first-order valence-corrected chi connectivity index (χ1v) is 7.88. The molecule has 2 N–H and O–H groups in total. The van der Waals surface area contributed by atoms with E-state index >= 15 is 0 Å². The largest absolute Gasteiger partial charge is 0.383 e. The van der Waals surface area contributed by atoms with Crippen LogP contribution in [0, 0.1) is 0 Å². The van der Waals surface area contributed by atoms with Crippen LogP contribution in [-0.2, 0) is 17.8 Å². The lowest BCUT2D eigenvalue weighted by Gasteiger charge is -2.10. The molecule has 0 aliphatic heterocycles. The molecular formula is C17H26IN5O. The van der Waals surface area contributed by atoms with Crippen molar-refractivity contribution in [2.45, 2.75) is 20.0 Å². The summed E-state index contributed by atoms with van der Waals surface area (Å²) in [5, 5.41) is 10.8. The summed E-state index contributed by atoms with van der Waals surface area (Å²) in [5.74, 6) is 0.792. The molecule has 1 aromatic carbocycles. The molecule has 0 amide bonds. The number of benzene rings is 1. The minimum absolute atomic E-state index is 0. The number of hydrogen-bond acceptors (Lipinski definition) is 3. The van der Waals surface area contributed by atoms with Gasteiger partial charge in [-0.2, -0.15) is 5.10 Å². The lowest BCUT2D eigenvalue weighted by Crippen LogP contribution is -2.38. The van der Waals surface area contributed by atoms with E-state index in [-0.39, 0.29) is 24.0 Å². The fourth-order valence-electron chi connectivity index (χ4n) is 2.13. The van der Waals surface area contributed by atoms with E-state index in [2.05, 4.69) is 32.9 Å². The van der Waals surface area contributed by atoms with Gasteiger partial charge in [-0.15, -0.1) is 24.0 Å². The molecule has 0 spiro atoms. The third-order valence-corrected chi connectivity index (χ3v) is 3.24. The second kappa shape index (κ2) is 11.9. The third kappa shape index (κ3) is 7.31. The van der Waals surface area contributed by atoms with Crippen molar-refractivity contribution in [1.82, 2.24) is 20.4 Å². The van der Waals surface area contributed by atoms with Gasteiger partial charge in [-0.3, -0.25) is 4.68 Å². The molecule has 24 heavy (non-hydrogen) atoms. The second-order valence-electron chi connectivity index (χ2n) is 5.15. The molecule has 0 unspecified atom stereocenters. The van der Waals surface area contributed by atoms with Crippen LogP contribution < -0.4 is 10.6 Å². The summed E-state index contributed by atoms with van der Waals surface area (Å²) in [6.45, 7) is 5.63. The molecule has 0 aliphatic carbocycles. The number of rotatable bonds is 8. The highest BCUT2D eigenvalue weighted by atomic mass is 127. The second-order valence-corrected chi connectivity index (χ2v) is 5.15. The van der Waals surface area contributed by atoms with Gasteiger partial charge < -0.3 is 15.4 Å². The first-order chi connectivity index (χ1) is 11.3. The van der Waals surface area contributed by atoms with Crippen molar-refractivity contribution in [1.29, 1.82) is 0 Å². The average molecular weight is 443 g/mol. The molecule has 0 fully saturated rings. The number of guanidine groups is 1. The molecule has 0 aliphatic rings. The van der Waals surface area contributed by atoms with Gasteiger partial charge in [0, 0.05) is 32.0 Å². The molecule has 0 saturated heterocycles. The highest BCUT2D eigenvalue weighted by Crippen LogP contribution is 2.04. The minimum Gasteiger partial charge on any atom is -0.383 e. The zero-order valence-electron chi connectivity index (χ0n) is 14.2. The third-order valence-electron chi connectivity index (χ3n) is 3.24. The summed E-state index contributed by atoms with van der Waals surface area (Å²) in [6, 6.07) is 10.3. The van der Waals surface area contributed by atoms with Crippen molar-refractivity contribution in [2.24, 2.45) is 4.99 Å². The van der Waals surface area contributed by atoms with Crippen LogP contribution in [0.4, 0.5) is 0 Å². The summed E-state index contributed by atoms with van der Waals surface area (Å²) in [5.41, 5.74) is 2.32. The van der Waals surface area contributed by atoms with Crippen LogP contribution in [-0.4, -0.2) is 42.5 Å². The van der Waals surface area contributed by atoms with Gasteiger partial charge in [-0.05, 0) is 12.5 Å². The summed E-state index contributed by atoms with van der Waals surface area (Å²) < 4.78 is 6.97. The van der Waals surface area contributed by atoms with Crippen molar-refractivity contribution in [3.05, 3.63) is 53.9 Å².